The van der Waals surface area contributed by atoms with Crippen LogP contribution in [-0.4, -0.2) is 60.9 Å². The standard InChI is InChI=1S/C23H27F3N4O2/c24-23(25,26)19-8-6-18(7-9-19)16-28-12-14-29(15-13-28)17-22(32)30(11-10-21(27)31)20-4-2-1-3-5-20/h1-9H,10-17H2,(H2,27,31). The number of halogens is 3. The molecule has 0 bridgehead atoms. The van der Waals surface area contributed by atoms with E-state index in [2.05, 4.69) is 4.90 Å². The Hall–Kier alpha value is -2.91. The van der Waals surface area contributed by atoms with E-state index in [4.69, 9.17) is 5.73 Å². The molecule has 0 unspecified atom stereocenters. The number of nitrogens with zero attached hydrogens (tertiary/aromatic N) is 3. The zero-order valence-corrected chi connectivity index (χ0v) is 17.7. The van der Waals surface area contributed by atoms with Gasteiger partial charge in [0.05, 0.1) is 12.1 Å². The summed E-state index contributed by atoms with van der Waals surface area (Å²) < 4.78 is 38.1. The molecular weight excluding hydrogens is 421 g/mol. The molecule has 32 heavy (non-hydrogen) atoms. The number of rotatable bonds is 8. The van der Waals surface area contributed by atoms with Crippen molar-refractivity contribution in [2.75, 3.05) is 44.2 Å². The second-order valence-electron chi connectivity index (χ2n) is 7.84. The monoisotopic (exact) mass is 448 g/mol. The van der Waals surface area contributed by atoms with E-state index in [0.29, 0.717) is 32.7 Å². The molecule has 1 heterocycles. The number of primary amides is 1. The molecule has 2 aromatic carbocycles. The highest BCUT2D eigenvalue weighted by Gasteiger charge is 2.30. The molecule has 0 aromatic heterocycles. The number of carbonyl (C=O) groups excluding carboxylic acids is 2. The lowest BCUT2D eigenvalue weighted by Gasteiger charge is -2.35. The molecule has 0 spiro atoms. The molecule has 3 rings (SSSR count). The summed E-state index contributed by atoms with van der Waals surface area (Å²) >= 11 is 0. The van der Waals surface area contributed by atoms with Gasteiger partial charge in [-0.05, 0) is 29.8 Å². The summed E-state index contributed by atoms with van der Waals surface area (Å²) in [5.74, 6) is -0.566. The number of carbonyl (C=O) groups is 2. The zero-order chi connectivity index (χ0) is 23.1. The van der Waals surface area contributed by atoms with Gasteiger partial charge in [0.25, 0.3) is 0 Å². The van der Waals surface area contributed by atoms with E-state index in [1.54, 1.807) is 4.90 Å². The molecule has 6 nitrogen and oxygen atoms in total. The highest BCUT2D eigenvalue weighted by Crippen LogP contribution is 2.29. The van der Waals surface area contributed by atoms with E-state index in [-0.39, 0.29) is 25.4 Å². The van der Waals surface area contributed by atoms with Crippen LogP contribution in [0.25, 0.3) is 0 Å². The van der Waals surface area contributed by atoms with Crippen LogP contribution < -0.4 is 10.6 Å². The molecule has 1 saturated heterocycles. The van der Waals surface area contributed by atoms with Gasteiger partial charge in [-0.25, -0.2) is 0 Å². The summed E-state index contributed by atoms with van der Waals surface area (Å²) in [6, 6.07) is 14.4. The Bertz CT molecular complexity index is 896. The van der Waals surface area contributed by atoms with Crippen LogP contribution in [0.1, 0.15) is 17.5 Å². The van der Waals surface area contributed by atoms with Gasteiger partial charge >= 0.3 is 6.18 Å². The summed E-state index contributed by atoms with van der Waals surface area (Å²) in [4.78, 5) is 29.9. The van der Waals surface area contributed by atoms with Crippen molar-refractivity contribution in [3.05, 3.63) is 65.7 Å². The van der Waals surface area contributed by atoms with Crippen molar-refractivity contribution in [2.45, 2.75) is 19.1 Å². The van der Waals surface area contributed by atoms with E-state index in [1.165, 1.54) is 12.1 Å². The number of nitrogens with two attached hydrogens (primary N) is 1. The Morgan fingerprint density at radius 1 is 0.906 bits per heavy atom. The molecule has 1 fully saturated rings. The third kappa shape index (κ3) is 6.80. The lowest BCUT2D eigenvalue weighted by molar-refractivity contribution is -0.137. The second kappa shape index (κ2) is 10.6. The van der Waals surface area contributed by atoms with Crippen molar-refractivity contribution in [3.63, 3.8) is 0 Å². The van der Waals surface area contributed by atoms with Crippen molar-refractivity contribution >= 4 is 17.5 Å². The van der Waals surface area contributed by atoms with Crippen LogP contribution >= 0.6 is 0 Å². The van der Waals surface area contributed by atoms with E-state index in [9.17, 15) is 22.8 Å². The van der Waals surface area contributed by atoms with Gasteiger partial charge in [0.1, 0.15) is 0 Å². The highest BCUT2D eigenvalue weighted by atomic mass is 19.4. The number of amides is 2. The Balaban J connectivity index is 1.51. The molecule has 0 aliphatic carbocycles. The Morgan fingerprint density at radius 3 is 2.06 bits per heavy atom. The number of benzene rings is 2. The van der Waals surface area contributed by atoms with E-state index >= 15 is 0 Å². The van der Waals surface area contributed by atoms with Crippen LogP contribution in [0.3, 0.4) is 0 Å². The maximum absolute atomic E-state index is 12.9. The fourth-order valence-electron chi connectivity index (χ4n) is 3.67. The minimum atomic E-state index is -4.33. The van der Waals surface area contributed by atoms with Crippen molar-refractivity contribution in [2.24, 2.45) is 5.73 Å². The predicted molar refractivity (Wildman–Crippen MR) is 116 cm³/mol. The minimum Gasteiger partial charge on any atom is -0.370 e. The van der Waals surface area contributed by atoms with E-state index in [0.717, 1.165) is 23.4 Å². The number of hydrogen-bond donors (Lipinski definition) is 1. The normalized spacial score (nSPS) is 15.5. The molecule has 1 aliphatic heterocycles. The molecule has 1 aliphatic rings. The van der Waals surface area contributed by atoms with E-state index in [1.807, 2.05) is 35.2 Å². The first-order chi connectivity index (χ1) is 15.2. The van der Waals surface area contributed by atoms with Crippen LogP contribution in [0.2, 0.25) is 0 Å². The first-order valence-corrected chi connectivity index (χ1v) is 10.5. The fourth-order valence-corrected chi connectivity index (χ4v) is 3.67. The zero-order valence-electron chi connectivity index (χ0n) is 17.7. The largest absolute Gasteiger partial charge is 0.416 e. The number of piperazine rings is 1. The third-order valence-corrected chi connectivity index (χ3v) is 5.46. The van der Waals surface area contributed by atoms with Crippen LogP contribution in [0.5, 0.6) is 0 Å². The molecule has 0 atom stereocenters. The van der Waals surface area contributed by atoms with Crippen LogP contribution in [0, 0.1) is 0 Å². The first kappa shape index (κ1) is 23.7. The average Bonchev–Trinajstić information content (AvgIpc) is 2.75. The van der Waals surface area contributed by atoms with Crippen molar-refractivity contribution in [1.82, 2.24) is 9.80 Å². The van der Waals surface area contributed by atoms with Crippen molar-refractivity contribution < 1.29 is 22.8 Å². The average molecular weight is 448 g/mol. The predicted octanol–water partition coefficient (Wildman–Crippen LogP) is 2.73. The van der Waals surface area contributed by atoms with Gasteiger partial charge in [-0.2, -0.15) is 13.2 Å². The Kier molecular flexibility index (Phi) is 7.87. The van der Waals surface area contributed by atoms with Crippen LogP contribution in [0.4, 0.5) is 18.9 Å². The first-order valence-electron chi connectivity index (χ1n) is 10.5. The summed E-state index contributed by atoms with van der Waals surface area (Å²) in [6.45, 7) is 3.78. The van der Waals surface area contributed by atoms with Gasteiger partial charge in [-0.3, -0.25) is 19.4 Å². The van der Waals surface area contributed by atoms with Gasteiger partial charge in [0, 0.05) is 51.4 Å². The summed E-state index contributed by atoms with van der Waals surface area (Å²) in [5.41, 5.74) is 6.16. The molecular formula is C23H27F3N4O2. The number of hydrogen-bond acceptors (Lipinski definition) is 4. The van der Waals surface area contributed by atoms with E-state index < -0.39 is 17.6 Å². The molecule has 2 aromatic rings. The highest BCUT2D eigenvalue weighted by molar-refractivity contribution is 5.95. The summed E-state index contributed by atoms with van der Waals surface area (Å²) in [5, 5.41) is 0. The number of alkyl halides is 3. The Morgan fingerprint density at radius 2 is 1.50 bits per heavy atom. The van der Waals surface area contributed by atoms with Gasteiger partial charge < -0.3 is 10.6 Å². The molecule has 0 saturated carbocycles. The SMILES string of the molecule is NC(=O)CCN(C(=O)CN1CCN(Cc2ccc(C(F)(F)F)cc2)CC1)c1ccccc1. The maximum Gasteiger partial charge on any atom is 0.416 e. The Labute approximate surface area is 185 Å². The molecule has 0 radical (unpaired) electrons. The third-order valence-electron chi connectivity index (χ3n) is 5.46. The van der Waals surface area contributed by atoms with Crippen LogP contribution in [-0.2, 0) is 22.3 Å². The lowest BCUT2D eigenvalue weighted by atomic mass is 10.1. The summed E-state index contributed by atoms with van der Waals surface area (Å²) in [6.07, 6.45) is -4.25. The van der Waals surface area contributed by atoms with Gasteiger partial charge in [0.2, 0.25) is 11.8 Å². The lowest BCUT2D eigenvalue weighted by Crippen LogP contribution is -2.50. The van der Waals surface area contributed by atoms with Gasteiger partial charge in [-0.15, -0.1) is 0 Å². The van der Waals surface area contributed by atoms with Crippen molar-refractivity contribution in [1.29, 1.82) is 0 Å². The molecule has 172 valence electrons. The number of para-hydroxylation sites is 1. The minimum absolute atomic E-state index is 0.0849. The van der Waals surface area contributed by atoms with Crippen LogP contribution in [0.15, 0.2) is 54.6 Å². The fraction of sp³-hybridized carbons (Fsp3) is 0.391. The second-order valence-corrected chi connectivity index (χ2v) is 7.84. The maximum atomic E-state index is 12.9. The topological polar surface area (TPSA) is 69.9 Å². The molecule has 2 N–H and O–H groups in total. The quantitative estimate of drug-likeness (QED) is 0.674. The van der Waals surface area contributed by atoms with Gasteiger partial charge in [-0.1, -0.05) is 30.3 Å². The number of anilines is 1. The van der Waals surface area contributed by atoms with Gasteiger partial charge in [0.15, 0.2) is 0 Å². The molecule has 9 heteroatoms. The smallest absolute Gasteiger partial charge is 0.370 e. The summed E-state index contributed by atoms with van der Waals surface area (Å²) in [7, 11) is 0. The molecule has 2 amide bonds. The van der Waals surface area contributed by atoms with Crippen molar-refractivity contribution in [3.8, 4) is 0 Å².